The van der Waals surface area contributed by atoms with Crippen molar-refractivity contribution in [1.82, 2.24) is 10.1 Å². The van der Waals surface area contributed by atoms with E-state index in [2.05, 4.69) is 5.16 Å². The molecule has 1 aromatic heterocycles. The summed E-state index contributed by atoms with van der Waals surface area (Å²) in [6.45, 7) is 4.65. The third kappa shape index (κ3) is 2.33. The van der Waals surface area contributed by atoms with Crippen LogP contribution in [0.25, 0.3) is 0 Å². The van der Waals surface area contributed by atoms with Crippen LogP contribution in [-0.4, -0.2) is 22.5 Å². The Labute approximate surface area is 118 Å². The standard InChI is InChI=1S/C16H18N2O2/c1-11-5-3-6-13(9-11)16(19)18-8-4-7-15(18)14-10-12(2)20-17-14/h3,5-6,9-10,15H,4,7-8H2,1-2H3/t15-/m0/s1. The van der Waals surface area contributed by atoms with Crippen molar-refractivity contribution in [2.24, 2.45) is 0 Å². The van der Waals surface area contributed by atoms with Crippen LogP contribution in [0.4, 0.5) is 0 Å². The number of amides is 1. The Morgan fingerprint density at radius 3 is 2.90 bits per heavy atom. The first-order valence-electron chi connectivity index (χ1n) is 6.96. The summed E-state index contributed by atoms with van der Waals surface area (Å²) in [7, 11) is 0. The summed E-state index contributed by atoms with van der Waals surface area (Å²) >= 11 is 0. The van der Waals surface area contributed by atoms with E-state index < -0.39 is 0 Å². The van der Waals surface area contributed by atoms with E-state index in [1.54, 1.807) is 0 Å². The monoisotopic (exact) mass is 270 g/mol. The van der Waals surface area contributed by atoms with Crippen LogP contribution in [0.5, 0.6) is 0 Å². The molecule has 1 aliphatic heterocycles. The zero-order valence-corrected chi connectivity index (χ0v) is 11.8. The Kier molecular flexibility index (Phi) is 3.30. The van der Waals surface area contributed by atoms with Crippen molar-refractivity contribution in [3.05, 3.63) is 52.9 Å². The van der Waals surface area contributed by atoms with E-state index in [0.29, 0.717) is 0 Å². The fraction of sp³-hybridized carbons (Fsp3) is 0.375. The molecule has 20 heavy (non-hydrogen) atoms. The van der Waals surface area contributed by atoms with E-state index in [-0.39, 0.29) is 11.9 Å². The second-order valence-electron chi connectivity index (χ2n) is 5.39. The maximum absolute atomic E-state index is 12.7. The van der Waals surface area contributed by atoms with Gasteiger partial charge in [0, 0.05) is 18.2 Å². The second kappa shape index (κ2) is 5.12. The number of carbonyl (C=O) groups excluding carboxylic acids is 1. The van der Waals surface area contributed by atoms with Crippen LogP contribution >= 0.6 is 0 Å². The Balaban J connectivity index is 1.87. The largest absolute Gasteiger partial charge is 0.361 e. The lowest BCUT2D eigenvalue weighted by Crippen LogP contribution is -2.30. The molecule has 2 heterocycles. The molecule has 0 saturated carbocycles. The fourth-order valence-corrected chi connectivity index (χ4v) is 2.80. The van der Waals surface area contributed by atoms with Gasteiger partial charge in [-0.15, -0.1) is 0 Å². The van der Waals surface area contributed by atoms with Crippen molar-refractivity contribution in [1.29, 1.82) is 0 Å². The number of benzene rings is 1. The molecule has 1 atom stereocenters. The highest BCUT2D eigenvalue weighted by atomic mass is 16.5. The van der Waals surface area contributed by atoms with Gasteiger partial charge in [-0.1, -0.05) is 22.9 Å². The number of aromatic nitrogens is 1. The summed E-state index contributed by atoms with van der Waals surface area (Å²) in [5.41, 5.74) is 2.71. The van der Waals surface area contributed by atoms with Crippen LogP contribution in [-0.2, 0) is 0 Å². The lowest BCUT2D eigenvalue weighted by atomic mass is 10.1. The fourth-order valence-electron chi connectivity index (χ4n) is 2.80. The number of carbonyl (C=O) groups is 1. The van der Waals surface area contributed by atoms with Gasteiger partial charge in [-0.3, -0.25) is 4.79 Å². The molecular formula is C16H18N2O2. The van der Waals surface area contributed by atoms with Gasteiger partial charge in [0.2, 0.25) is 0 Å². The quantitative estimate of drug-likeness (QED) is 0.841. The Morgan fingerprint density at radius 1 is 1.35 bits per heavy atom. The zero-order valence-electron chi connectivity index (χ0n) is 11.8. The van der Waals surface area contributed by atoms with Crippen molar-refractivity contribution in [2.45, 2.75) is 32.7 Å². The molecule has 0 radical (unpaired) electrons. The molecule has 0 N–H and O–H groups in total. The molecule has 0 spiro atoms. The normalized spacial score (nSPS) is 18.5. The number of hydrogen-bond acceptors (Lipinski definition) is 3. The van der Waals surface area contributed by atoms with Gasteiger partial charge in [-0.25, -0.2) is 0 Å². The predicted octanol–water partition coefficient (Wildman–Crippen LogP) is 3.27. The first-order valence-corrected chi connectivity index (χ1v) is 6.96. The Hall–Kier alpha value is -2.10. The third-order valence-corrected chi connectivity index (χ3v) is 3.77. The highest BCUT2D eigenvalue weighted by Crippen LogP contribution is 2.32. The number of nitrogens with zero attached hydrogens (tertiary/aromatic N) is 2. The molecule has 0 unspecified atom stereocenters. The van der Waals surface area contributed by atoms with Crippen molar-refractivity contribution in [2.75, 3.05) is 6.54 Å². The molecule has 1 fully saturated rings. The molecule has 4 nitrogen and oxygen atoms in total. The van der Waals surface area contributed by atoms with Gasteiger partial charge in [-0.05, 0) is 38.8 Å². The maximum atomic E-state index is 12.7. The number of rotatable bonds is 2. The molecule has 1 aromatic carbocycles. The number of hydrogen-bond donors (Lipinski definition) is 0. The smallest absolute Gasteiger partial charge is 0.254 e. The molecule has 1 saturated heterocycles. The Bertz CT molecular complexity index is 633. The van der Waals surface area contributed by atoms with E-state index in [0.717, 1.165) is 42.0 Å². The Morgan fingerprint density at radius 2 is 2.20 bits per heavy atom. The van der Waals surface area contributed by atoms with Gasteiger partial charge in [-0.2, -0.15) is 0 Å². The van der Waals surface area contributed by atoms with Crippen LogP contribution in [0.15, 0.2) is 34.9 Å². The van der Waals surface area contributed by atoms with Gasteiger partial charge in [0.05, 0.1) is 6.04 Å². The van der Waals surface area contributed by atoms with Crippen molar-refractivity contribution in [3.63, 3.8) is 0 Å². The van der Waals surface area contributed by atoms with Crippen LogP contribution in [0.3, 0.4) is 0 Å². The summed E-state index contributed by atoms with van der Waals surface area (Å²) in [5, 5.41) is 4.07. The first-order chi connectivity index (χ1) is 9.65. The SMILES string of the molecule is Cc1cccc(C(=O)N2CCC[C@H]2c2cc(C)on2)c1. The van der Waals surface area contributed by atoms with Gasteiger partial charge in [0.25, 0.3) is 5.91 Å². The topological polar surface area (TPSA) is 46.3 Å². The van der Waals surface area contributed by atoms with Gasteiger partial charge in [0.15, 0.2) is 0 Å². The van der Waals surface area contributed by atoms with Gasteiger partial charge in [0.1, 0.15) is 11.5 Å². The number of likely N-dealkylation sites (tertiary alicyclic amines) is 1. The number of aryl methyl sites for hydroxylation is 2. The summed E-state index contributed by atoms with van der Waals surface area (Å²) < 4.78 is 5.14. The van der Waals surface area contributed by atoms with E-state index in [1.165, 1.54) is 0 Å². The van der Waals surface area contributed by atoms with Crippen LogP contribution in [0, 0.1) is 13.8 Å². The van der Waals surface area contributed by atoms with Gasteiger partial charge >= 0.3 is 0 Å². The average Bonchev–Trinajstić information content (AvgIpc) is 3.06. The molecule has 1 amide bonds. The summed E-state index contributed by atoms with van der Waals surface area (Å²) in [6, 6.07) is 9.70. The molecule has 0 bridgehead atoms. The molecular weight excluding hydrogens is 252 g/mol. The first kappa shape index (κ1) is 12.9. The minimum atomic E-state index is 0.0421. The van der Waals surface area contributed by atoms with E-state index in [4.69, 9.17) is 4.52 Å². The molecule has 3 rings (SSSR count). The lowest BCUT2D eigenvalue weighted by molar-refractivity contribution is 0.0730. The molecule has 104 valence electrons. The molecule has 2 aromatic rings. The van der Waals surface area contributed by atoms with E-state index in [9.17, 15) is 4.79 Å². The summed E-state index contributed by atoms with van der Waals surface area (Å²) in [5.74, 6) is 0.867. The third-order valence-electron chi connectivity index (χ3n) is 3.77. The van der Waals surface area contributed by atoms with Crippen LogP contribution in [0.2, 0.25) is 0 Å². The van der Waals surface area contributed by atoms with Crippen LogP contribution in [0.1, 0.15) is 46.3 Å². The molecule has 1 aliphatic rings. The lowest BCUT2D eigenvalue weighted by Gasteiger charge is -2.23. The molecule has 0 aliphatic carbocycles. The van der Waals surface area contributed by atoms with Crippen molar-refractivity contribution < 1.29 is 9.32 Å². The highest BCUT2D eigenvalue weighted by Gasteiger charge is 2.32. The maximum Gasteiger partial charge on any atom is 0.254 e. The van der Waals surface area contributed by atoms with Gasteiger partial charge < -0.3 is 9.42 Å². The molecule has 4 heteroatoms. The predicted molar refractivity (Wildman–Crippen MR) is 75.4 cm³/mol. The minimum absolute atomic E-state index is 0.0421. The minimum Gasteiger partial charge on any atom is -0.361 e. The van der Waals surface area contributed by atoms with E-state index in [1.807, 2.05) is 49.1 Å². The average molecular weight is 270 g/mol. The highest BCUT2D eigenvalue weighted by molar-refractivity contribution is 5.94. The summed E-state index contributed by atoms with van der Waals surface area (Å²) in [4.78, 5) is 14.6. The zero-order chi connectivity index (χ0) is 14.1. The summed E-state index contributed by atoms with van der Waals surface area (Å²) in [6.07, 6.45) is 1.96. The van der Waals surface area contributed by atoms with Crippen LogP contribution < -0.4 is 0 Å². The van der Waals surface area contributed by atoms with Crippen molar-refractivity contribution in [3.8, 4) is 0 Å². The second-order valence-corrected chi connectivity index (χ2v) is 5.39. The van der Waals surface area contributed by atoms with E-state index >= 15 is 0 Å². The van der Waals surface area contributed by atoms with Crippen molar-refractivity contribution >= 4 is 5.91 Å².